The molecule has 1 aliphatic heterocycles. The third kappa shape index (κ3) is 45.1. The maximum Gasteiger partial charge on any atom is 2.00 e. The van der Waals surface area contributed by atoms with Gasteiger partial charge in [0.1, 0.15) is 0 Å². The van der Waals surface area contributed by atoms with E-state index >= 15 is 0 Å². The third-order valence-corrected chi connectivity index (χ3v) is 6.75. The first-order chi connectivity index (χ1) is 3.00. The van der Waals surface area contributed by atoms with Crippen molar-refractivity contribution in [3.8, 4) is 0 Å². The molecule has 1 saturated heterocycles. The molecule has 0 atom stereocenters. The normalized spacial score (nSPS) is 9.60. The predicted octanol–water partition coefficient (Wildman–Crippen LogP) is -3.55. The summed E-state index contributed by atoms with van der Waals surface area (Å²) in [7, 11) is 0. The standard InChI is InChI=1S/Ge3O3.6H2O.3Sr/c1-4-2-6-3-5-1;;;;;;;;;/h;6*1H2;;;/q;;;;;;;3*+2/p-6. The first kappa shape index (κ1) is 58.7. The van der Waals surface area contributed by atoms with Crippen LogP contribution in [-0.2, 0) is 8.37 Å². The molecule has 1 rings (SSSR count). The number of hydrogen-bond acceptors (Lipinski definition) is 9. The van der Waals surface area contributed by atoms with Gasteiger partial charge in [-0.2, -0.15) is 0 Å². The quantitative estimate of drug-likeness (QED) is 0.242. The van der Waals surface area contributed by atoms with E-state index in [9.17, 15) is 0 Å². The van der Waals surface area contributed by atoms with Crippen molar-refractivity contribution in [3.05, 3.63) is 0 Å². The van der Waals surface area contributed by atoms with Crippen LogP contribution in [0, 0.1) is 0 Å². The van der Waals surface area contributed by atoms with E-state index in [-0.39, 0.29) is 169 Å². The molecule has 6 N–H and O–H groups in total. The van der Waals surface area contributed by atoms with E-state index in [1.54, 1.807) is 0 Å². The summed E-state index contributed by atoms with van der Waals surface area (Å²) in [6, 6.07) is 0. The zero-order chi connectivity index (χ0) is 4.24. The molecule has 0 amide bonds. The molecule has 0 unspecified atom stereocenters. The Balaban J connectivity index is -0.00000000571. The van der Waals surface area contributed by atoms with Crippen molar-refractivity contribution in [1.82, 2.24) is 0 Å². The Morgan fingerprint density at radius 2 is 0.533 bits per heavy atom. The Morgan fingerprint density at radius 1 is 0.400 bits per heavy atom. The maximum absolute atomic E-state index is 4.91. The summed E-state index contributed by atoms with van der Waals surface area (Å²) in [6.45, 7) is 0. The smallest absolute Gasteiger partial charge is 2.00 e. The second kappa shape index (κ2) is 50.3. The van der Waals surface area contributed by atoms with Gasteiger partial charge >= 0.3 is 193 Å². The van der Waals surface area contributed by atoms with E-state index in [4.69, 9.17) is 8.37 Å². The van der Waals surface area contributed by atoms with Gasteiger partial charge in [0.2, 0.25) is 0 Å². The molecule has 0 bridgehead atoms. The van der Waals surface area contributed by atoms with Gasteiger partial charge < -0.3 is 32.9 Å². The molecule has 0 aromatic carbocycles. The molecule has 0 aromatic rings. The Labute approximate surface area is 220 Å². The maximum atomic E-state index is 4.91. The summed E-state index contributed by atoms with van der Waals surface area (Å²) in [6.07, 6.45) is 0. The van der Waals surface area contributed by atoms with Crippen LogP contribution in [0.25, 0.3) is 0 Å². The fraction of sp³-hybridized carbons (Fsp3) is 0. The van der Waals surface area contributed by atoms with Gasteiger partial charge in [0.15, 0.2) is 0 Å². The molecule has 0 aromatic heterocycles. The monoisotopic (exact) mass is 635 g/mol. The fourth-order valence-corrected chi connectivity index (χ4v) is 10.1. The van der Waals surface area contributed by atoms with Gasteiger partial charge in [0, 0.05) is 0 Å². The van der Waals surface area contributed by atoms with E-state index in [1.807, 2.05) is 0 Å². The van der Waals surface area contributed by atoms with Gasteiger partial charge in [-0.25, -0.2) is 0 Å². The second-order valence-electron chi connectivity index (χ2n) is 0.556. The molecule has 15 heteroatoms. The molecule has 1 fully saturated rings. The van der Waals surface area contributed by atoms with Crippen molar-refractivity contribution in [3.63, 3.8) is 0 Å². The van der Waals surface area contributed by atoms with E-state index < -0.39 is 48.3 Å². The van der Waals surface area contributed by atoms with Gasteiger partial charge in [-0.05, 0) is 0 Å². The fourth-order valence-electron chi connectivity index (χ4n) is 0.114. The van der Waals surface area contributed by atoms with Crippen LogP contribution in [0.3, 0.4) is 0 Å². The summed E-state index contributed by atoms with van der Waals surface area (Å²) in [5.74, 6) is 0. The van der Waals surface area contributed by atoms with Gasteiger partial charge in [-0.3, -0.25) is 0 Å². The summed E-state index contributed by atoms with van der Waals surface area (Å²) in [4.78, 5) is 0. The van der Waals surface area contributed by atoms with Crippen LogP contribution >= 0.6 is 0 Å². The van der Waals surface area contributed by atoms with Crippen LogP contribution in [0.1, 0.15) is 0 Å². The molecule has 6 radical (unpaired) electrons. The zero-order valence-corrected chi connectivity index (χ0v) is 24.3. The molecule has 0 spiro atoms. The van der Waals surface area contributed by atoms with E-state index in [2.05, 4.69) is 0 Å². The van der Waals surface area contributed by atoms with Crippen LogP contribution in [0.2, 0.25) is 0 Å². The first-order valence-electron chi connectivity index (χ1n) is 1.22. The minimum atomic E-state index is -0.406. The Kier molecular flexibility index (Phi) is 197. The Morgan fingerprint density at radius 3 is 0.600 bits per heavy atom. The molecule has 78 valence electrons. The molecule has 9 nitrogen and oxygen atoms in total. The largest absolute Gasteiger partial charge is 2.00 e. The number of rotatable bonds is 0. The molecular formula is H6Ge3O9Sr3. The molecule has 15 heavy (non-hydrogen) atoms. The Bertz CT molecular complexity index is 36.1. The van der Waals surface area contributed by atoms with Crippen molar-refractivity contribution >= 4 is 185 Å². The minimum Gasteiger partial charge on any atom is 2.00 e. The van der Waals surface area contributed by atoms with Crippen molar-refractivity contribution < 1.29 is 41.2 Å². The van der Waals surface area contributed by atoms with Gasteiger partial charge in [-0.1, -0.05) is 0 Å². The summed E-state index contributed by atoms with van der Waals surface area (Å²) < 4.78 is 14.7. The van der Waals surface area contributed by atoms with E-state index in [0.717, 1.165) is 0 Å². The van der Waals surface area contributed by atoms with Crippen molar-refractivity contribution in [2.45, 2.75) is 0 Å². The Hall–Kier alpha value is 5.71. The van der Waals surface area contributed by atoms with E-state index in [1.165, 1.54) is 0 Å². The van der Waals surface area contributed by atoms with Gasteiger partial charge in [-0.15, -0.1) is 0 Å². The zero-order valence-electron chi connectivity index (χ0n) is 7.53. The van der Waals surface area contributed by atoms with Crippen LogP contribution in [0.15, 0.2) is 0 Å². The molecule has 1 aliphatic rings. The average molecular weight is 631 g/mol. The van der Waals surface area contributed by atoms with Gasteiger partial charge in [0.05, 0.1) is 0 Å². The van der Waals surface area contributed by atoms with Crippen LogP contribution in [0.5, 0.6) is 0 Å². The molecule has 0 aliphatic carbocycles. The first-order valence-corrected chi connectivity index (χ1v) is 6.36. The van der Waals surface area contributed by atoms with E-state index in [0.29, 0.717) is 0 Å². The SMILES string of the molecule is [OH-].[OH-].[OH-].[OH-].[OH-].[OH-].[O]1[Ge][O][Ge][O][Ge]1.[Sr+2].[Sr+2].[Sr+2]. The molecule has 0 saturated carbocycles. The van der Waals surface area contributed by atoms with Crippen LogP contribution in [-0.4, -0.2) is 218 Å². The van der Waals surface area contributed by atoms with Crippen molar-refractivity contribution in [1.29, 1.82) is 0 Å². The van der Waals surface area contributed by atoms with Crippen LogP contribution < -0.4 is 0 Å². The predicted molar refractivity (Wildman–Crippen MR) is 49.4 cm³/mol. The van der Waals surface area contributed by atoms with Crippen molar-refractivity contribution in [2.24, 2.45) is 0 Å². The van der Waals surface area contributed by atoms with Crippen LogP contribution in [0.4, 0.5) is 0 Å². The number of hydrogen-bond donors (Lipinski definition) is 0. The topological polar surface area (TPSA) is 208 Å². The summed E-state index contributed by atoms with van der Waals surface area (Å²) in [5, 5.41) is 0. The minimum absolute atomic E-state index is 0. The summed E-state index contributed by atoms with van der Waals surface area (Å²) in [5.41, 5.74) is 0. The van der Waals surface area contributed by atoms with Crippen molar-refractivity contribution in [2.75, 3.05) is 0 Å². The molecule has 1 heterocycles. The summed E-state index contributed by atoms with van der Waals surface area (Å²) >= 11 is -1.22. The van der Waals surface area contributed by atoms with Gasteiger partial charge in [0.25, 0.3) is 0 Å². The molecular weight excluding hydrogens is 625 g/mol. The average Bonchev–Trinajstić information content (AvgIpc) is 1.72. The third-order valence-electron chi connectivity index (χ3n) is 0.250. The second-order valence-corrected chi connectivity index (χ2v) is 9.57.